The molecule has 8 nitrogen and oxygen atoms in total. The summed E-state index contributed by atoms with van der Waals surface area (Å²) in [5.74, 6) is 1.00. The fourth-order valence-electron chi connectivity index (χ4n) is 5.31. The Morgan fingerprint density at radius 1 is 0.919 bits per heavy atom. The molecule has 1 aromatic carbocycles. The zero-order chi connectivity index (χ0) is 25.0. The van der Waals surface area contributed by atoms with Crippen molar-refractivity contribution >= 4 is 28.1 Å². The lowest BCUT2D eigenvalue weighted by molar-refractivity contribution is 0.220. The first kappa shape index (κ1) is 23.6. The standard InChI is InChI=1S/C29H34N8/c1-21(33-25-6-8-28(32-19-25)37-13-9-30-10-14-37)29-26-16-23(5-7-27(26)34-35-29)24-15-22(17-31-18-24)20-36-11-3-2-4-12-36/h5-8,15-19,30,33H,1-4,9-14,20H2,(H,34,35). The number of aromatic amines is 1. The van der Waals surface area contributed by atoms with Gasteiger partial charge in [0.05, 0.1) is 23.1 Å². The quantitative estimate of drug-likeness (QED) is 0.349. The van der Waals surface area contributed by atoms with Crippen molar-refractivity contribution in [2.45, 2.75) is 25.8 Å². The van der Waals surface area contributed by atoms with Gasteiger partial charge in [-0.15, -0.1) is 0 Å². The molecular formula is C29H34N8. The molecule has 2 saturated heterocycles. The molecule has 37 heavy (non-hydrogen) atoms. The topological polar surface area (TPSA) is 85.0 Å². The highest BCUT2D eigenvalue weighted by Gasteiger charge is 2.15. The number of hydrogen-bond acceptors (Lipinski definition) is 7. The molecule has 0 atom stereocenters. The molecule has 0 saturated carbocycles. The van der Waals surface area contributed by atoms with Gasteiger partial charge < -0.3 is 15.5 Å². The maximum absolute atomic E-state index is 4.66. The zero-order valence-corrected chi connectivity index (χ0v) is 21.2. The Kier molecular flexibility index (Phi) is 6.84. The van der Waals surface area contributed by atoms with Gasteiger partial charge in [-0.3, -0.25) is 15.0 Å². The van der Waals surface area contributed by atoms with Crippen LogP contribution in [0.3, 0.4) is 0 Å². The van der Waals surface area contributed by atoms with Gasteiger partial charge in [-0.25, -0.2) is 4.98 Å². The fourth-order valence-corrected chi connectivity index (χ4v) is 5.31. The Bertz CT molecular complexity index is 1360. The number of piperidine rings is 1. The number of H-pyrrole nitrogens is 1. The average molecular weight is 495 g/mol. The van der Waals surface area contributed by atoms with Crippen molar-refractivity contribution in [1.82, 2.24) is 30.4 Å². The Morgan fingerprint density at radius 3 is 2.59 bits per heavy atom. The van der Waals surface area contributed by atoms with E-state index in [4.69, 9.17) is 0 Å². The Balaban J connectivity index is 1.19. The second-order valence-electron chi connectivity index (χ2n) is 10.00. The molecule has 6 rings (SSSR count). The lowest BCUT2D eigenvalue weighted by Gasteiger charge is -2.28. The van der Waals surface area contributed by atoms with E-state index in [0.29, 0.717) is 0 Å². The Hall–Kier alpha value is -3.75. The van der Waals surface area contributed by atoms with Crippen LogP contribution in [-0.4, -0.2) is 64.3 Å². The molecule has 0 unspecified atom stereocenters. The van der Waals surface area contributed by atoms with E-state index < -0.39 is 0 Å². The molecule has 190 valence electrons. The minimum atomic E-state index is 0.733. The van der Waals surface area contributed by atoms with Crippen molar-refractivity contribution in [2.75, 3.05) is 49.5 Å². The predicted molar refractivity (Wildman–Crippen MR) is 150 cm³/mol. The van der Waals surface area contributed by atoms with Crippen LogP contribution in [-0.2, 0) is 6.54 Å². The maximum atomic E-state index is 4.66. The highest BCUT2D eigenvalue weighted by atomic mass is 15.2. The number of piperazine rings is 1. The van der Waals surface area contributed by atoms with Crippen LogP contribution >= 0.6 is 0 Å². The highest BCUT2D eigenvalue weighted by molar-refractivity contribution is 5.95. The molecule has 0 spiro atoms. The number of aromatic nitrogens is 4. The minimum Gasteiger partial charge on any atom is -0.354 e. The lowest BCUT2D eigenvalue weighted by atomic mass is 10.0. The molecule has 3 N–H and O–H groups in total. The summed E-state index contributed by atoms with van der Waals surface area (Å²) in [6.45, 7) is 11.5. The average Bonchev–Trinajstić information content (AvgIpc) is 3.38. The van der Waals surface area contributed by atoms with Crippen LogP contribution in [0.25, 0.3) is 27.7 Å². The molecule has 8 heteroatoms. The smallest absolute Gasteiger partial charge is 0.128 e. The number of hydrogen-bond donors (Lipinski definition) is 3. The van der Waals surface area contributed by atoms with Gasteiger partial charge >= 0.3 is 0 Å². The minimum absolute atomic E-state index is 0.733. The first-order valence-electron chi connectivity index (χ1n) is 13.3. The number of anilines is 2. The van der Waals surface area contributed by atoms with Gasteiger partial charge in [-0.1, -0.05) is 19.1 Å². The molecule has 0 radical (unpaired) electrons. The summed E-state index contributed by atoms with van der Waals surface area (Å²) in [6, 6.07) is 12.8. The monoisotopic (exact) mass is 494 g/mol. The van der Waals surface area contributed by atoms with Crippen LogP contribution in [0, 0.1) is 0 Å². The van der Waals surface area contributed by atoms with Crippen LogP contribution in [0.2, 0.25) is 0 Å². The van der Waals surface area contributed by atoms with E-state index in [0.717, 1.165) is 77.6 Å². The van der Waals surface area contributed by atoms with E-state index in [1.54, 1.807) is 0 Å². The number of rotatable bonds is 7. The lowest BCUT2D eigenvalue weighted by Crippen LogP contribution is -2.43. The molecule has 2 aliphatic rings. The molecule has 4 aromatic rings. The van der Waals surface area contributed by atoms with Gasteiger partial charge in [0.2, 0.25) is 0 Å². The summed E-state index contributed by atoms with van der Waals surface area (Å²) in [5.41, 5.74) is 6.91. The summed E-state index contributed by atoms with van der Waals surface area (Å²) < 4.78 is 0. The van der Waals surface area contributed by atoms with E-state index in [-0.39, 0.29) is 0 Å². The van der Waals surface area contributed by atoms with Gasteiger partial charge in [0.15, 0.2) is 0 Å². The van der Waals surface area contributed by atoms with E-state index >= 15 is 0 Å². The molecule has 0 bridgehead atoms. The summed E-state index contributed by atoms with van der Waals surface area (Å²) in [6.07, 6.45) is 9.73. The zero-order valence-electron chi connectivity index (χ0n) is 21.2. The van der Waals surface area contributed by atoms with Crippen LogP contribution in [0.5, 0.6) is 0 Å². The van der Waals surface area contributed by atoms with Crippen molar-refractivity contribution in [2.24, 2.45) is 0 Å². The summed E-state index contributed by atoms with van der Waals surface area (Å²) in [5, 5.41) is 15.5. The number of pyridine rings is 2. The SMILES string of the molecule is C=C(Nc1ccc(N2CCNCC2)nc1)c1n[nH]c2ccc(-c3cncc(CN4CCCCC4)c3)cc12. The van der Waals surface area contributed by atoms with Crippen LogP contribution in [0.15, 0.2) is 61.6 Å². The van der Waals surface area contributed by atoms with Gasteiger partial charge in [-0.05, 0) is 67.4 Å². The normalized spacial score (nSPS) is 16.7. The molecule has 0 amide bonds. The van der Waals surface area contributed by atoms with E-state index in [2.05, 4.69) is 83.6 Å². The number of nitrogens with zero attached hydrogens (tertiary/aromatic N) is 5. The first-order chi connectivity index (χ1) is 18.2. The van der Waals surface area contributed by atoms with E-state index in [1.165, 1.54) is 37.9 Å². The number of benzene rings is 1. The van der Waals surface area contributed by atoms with E-state index in [9.17, 15) is 0 Å². The predicted octanol–water partition coefficient (Wildman–Crippen LogP) is 4.50. The van der Waals surface area contributed by atoms with Crippen molar-refractivity contribution in [3.63, 3.8) is 0 Å². The van der Waals surface area contributed by atoms with Crippen molar-refractivity contribution in [1.29, 1.82) is 0 Å². The van der Waals surface area contributed by atoms with Crippen molar-refractivity contribution < 1.29 is 0 Å². The van der Waals surface area contributed by atoms with Crippen molar-refractivity contribution in [3.8, 4) is 11.1 Å². The Labute approximate surface area is 217 Å². The Morgan fingerprint density at radius 2 is 1.78 bits per heavy atom. The van der Waals surface area contributed by atoms with E-state index in [1.807, 2.05) is 18.6 Å². The summed E-state index contributed by atoms with van der Waals surface area (Å²) in [7, 11) is 0. The molecule has 0 aliphatic carbocycles. The second kappa shape index (κ2) is 10.7. The largest absolute Gasteiger partial charge is 0.354 e. The molecular weight excluding hydrogens is 460 g/mol. The molecule has 3 aromatic heterocycles. The van der Waals surface area contributed by atoms with Crippen molar-refractivity contribution in [3.05, 3.63) is 72.8 Å². The molecule has 2 fully saturated rings. The second-order valence-corrected chi connectivity index (χ2v) is 10.00. The highest BCUT2D eigenvalue weighted by Crippen LogP contribution is 2.29. The molecule has 2 aliphatic heterocycles. The van der Waals surface area contributed by atoms with Crippen LogP contribution in [0.1, 0.15) is 30.5 Å². The van der Waals surface area contributed by atoms with Gasteiger partial charge in [0, 0.05) is 56.1 Å². The van der Waals surface area contributed by atoms with Gasteiger partial charge in [-0.2, -0.15) is 5.10 Å². The third-order valence-electron chi connectivity index (χ3n) is 7.32. The summed E-state index contributed by atoms with van der Waals surface area (Å²) in [4.78, 5) is 14.0. The maximum Gasteiger partial charge on any atom is 0.128 e. The van der Waals surface area contributed by atoms with Crippen LogP contribution in [0.4, 0.5) is 11.5 Å². The summed E-state index contributed by atoms with van der Waals surface area (Å²) >= 11 is 0. The van der Waals surface area contributed by atoms with Gasteiger partial charge in [0.25, 0.3) is 0 Å². The van der Waals surface area contributed by atoms with Crippen LogP contribution < -0.4 is 15.5 Å². The number of nitrogens with one attached hydrogen (secondary N) is 3. The molecule has 5 heterocycles. The first-order valence-corrected chi connectivity index (χ1v) is 13.3. The third-order valence-corrected chi connectivity index (χ3v) is 7.32. The fraction of sp³-hybridized carbons (Fsp3) is 0.345. The number of fused-ring (bicyclic) bond motifs is 1. The number of likely N-dealkylation sites (tertiary alicyclic amines) is 1. The van der Waals surface area contributed by atoms with Gasteiger partial charge in [0.1, 0.15) is 11.5 Å². The third kappa shape index (κ3) is 5.35.